The van der Waals surface area contributed by atoms with Crippen LogP contribution in [0, 0.1) is 0 Å². The fourth-order valence-corrected chi connectivity index (χ4v) is 3.79. The summed E-state index contributed by atoms with van der Waals surface area (Å²) < 4.78 is 34.8. The molecule has 2 heterocycles. The lowest BCUT2D eigenvalue weighted by molar-refractivity contribution is -0.00234. The van der Waals surface area contributed by atoms with E-state index < -0.39 is 10.8 Å². The second-order valence-electron chi connectivity index (χ2n) is 6.92. The summed E-state index contributed by atoms with van der Waals surface area (Å²) in [6.07, 6.45) is 1.74. The van der Waals surface area contributed by atoms with E-state index in [1.807, 2.05) is 7.05 Å². The molecule has 0 radical (unpaired) electrons. The first-order chi connectivity index (χ1) is 14.6. The average Bonchev–Trinajstić information content (AvgIpc) is 3.04. The number of nitrogens with zero attached hydrogens (tertiary/aromatic N) is 4. The fraction of sp³-hybridized carbons (Fsp3) is 0.889. The van der Waals surface area contributed by atoms with Crippen LogP contribution in [0.5, 0.6) is 0 Å². The van der Waals surface area contributed by atoms with Gasteiger partial charge in [0.15, 0.2) is 5.15 Å². The Morgan fingerprint density at radius 3 is 2.17 bits per heavy atom. The Balaban J connectivity index is 1.42. The molecule has 1 aliphatic rings. The van der Waals surface area contributed by atoms with Gasteiger partial charge in [-0.1, -0.05) is 16.8 Å². The molecule has 0 bridgehead atoms. The molecule has 1 aliphatic heterocycles. The number of likely N-dealkylation sites (tertiary alicyclic amines) is 1. The summed E-state index contributed by atoms with van der Waals surface area (Å²) in [4.78, 5) is 2.17. The largest absolute Gasteiger partial charge is 0.378 e. The van der Waals surface area contributed by atoms with Crippen LogP contribution in [0.25, 0.3) is 0 Å². The summed E-state index contributed by atoms with van der Waals surface area (Å²) in [7, 11) is 1.12. The van der Waals surface area contributed by atoms with Crippen molar-refractivity contribution in [1.82, 2.24) is 25.2 Å². The van der Waals surface area contributed by atoms with Crippen LogP contribution in [-0.2, 0) is 42.8 Å². The molecule has 1 saturated heterocycles. The summed E-state index contributed by atoms with van der Waals surface area (Å²) >= 11 is 6.35. The van der Waals surface area contributed by atoms with Crippen molar-refractivity contribution in [2.45, 2.75) is 18.3 Å². The lowest BCUT2D eigenvalue weighted by Crippen LogP contribution is -2.52. The molecule has 2 rings (SSSR count). The third-order valence-electron chi connectivity index (χ3n) is 4.56. The molecule has 1 atom stereocenters. The Kier molecular flexibility index (Phi) is 13.0. The number of likely N-dealkylation sites (N-methyl/N-ethyl adjacent to an activating group) is 1. The van der Waals surface area contributed by atoms with Crippen LogP contribution < -0.4 is 5.32 Å². The van der Waals surface area contributed by atoms with Crippen LogP contribution in [0.15, 0.2) is 0 Å². The number of rotatable bonds is 18. The lowest BCUT2D eigenvalue weighted by atomic mass is 10.2. The van der Waals surface area contributed by atoms with Crippen molar-refractivity contribution in [2.24, 2.45) is 0 Å². The monoisotopic (exact) mass is 467 g/mol. The number of halogens is 1. The van der Waals surface area contributed by atoms with E-state index in [1.54, 1.807) is 10.9 Å². The molecule has 12 heteroatoms. The quantitative estimate of drug-likeness (QED) is 0.294. The van der Waals surface area contributed by atoms with E-state index in [1.165, 1.54) is 0 Å². The fourth-order valence-electron chi connectivity index (χ4n) is 2.74. The molecule has 30 heavy (non-hydrogen) atoms. The van der Waals surface area contributed by atoms with Crippen LogP contribution in [0.3, 0.4) is 0 Å². The van der Waals surface area contributed by atoms with Gasteiger partial charge < -0.3 is 24.3 Å². The Labute approximate surface area is 186 Å². The second kappa shape index (κ2) is 15.2. The van der Waals surface area contributed by atoms with Crippen molar-refractivity contribution in [2.75, 3.05) is 85.8 Å². The number of aromatic nitrogens is 3. The molecule has 0 aliphatic carbocycles. The molecule has 174 valence electrons. The number of ether oxygens (including phenoxy) is 4. The molecular weight excluding hydrogens is 434 g/mol. The maximum absolute atomic E-state index is 11.4. The van der Waals surface area contributed by atoms with Gasteiger partial charge in [0.1, 0.15) is 5.69 Å². The first kappa shape index (κ1) is 25.6. The zero-order valence-electron chi connectivity index (χ0n) is 17.9. The SMILES string of the molecule is CNCCOCCOCCOCCOCCn1nnc(CN2CC(S(C)=O)C2)c1Cl. The highest BCUT2D eigenvalue weighted by atomic mass is 35.5. The smallest absolute Gasteiger partial charge is 0.151 e. The summed E-state index contributed by atoms with van der Waals surface area (Å²) in [5.74, 6) is 0. The molecule has 1 aromatic rings. The van der Waals surface area contributed by atoms with E-state index in [-0.39, 0.29) is 5.25 Å². The van der Waals surface area contributed by atoms with Crippen molar-refractivity contribution >= 4 is 22.4 Å². The highest BCUT2D eigenvalue weighted by Gasteiger charge is 2.30. The van der Waals surface area contributed by atoms with Crippen molar-refractivity contribution in [3.63, 3.8) is 0 Å². The van der Waals surface area contributed by atoms with Crippen molar-refractivity contribution < 1.29 is 23.2 Å². The molecule has 10 nitrogen and oxygen atoms in total. The molecule has 1 fully saturated rings. The van der Waals surface area contributed by atoms with Gasteiger partial charge in [-0.15, -0.1) is 5.10 Å². The average molecular weight is 468 g/mol. The Morgan fingerprint density at radius 2 is 1.60 bits per heavy atom. The van der Waals surface area contributed by atoms with Gasteiger partial charge in [0.2, 0.25) is 0 Å². The van der Waals surface area contributed by atoms with Gasteiger partial charge >= 0.3 is 0 Å². The van der Waals surface area contributed by atoms with Crippen LogP contribution in [0.4, 0.5) is 0 Å². The molecule has 1 unspecified atom stereocenters. The molecular formula is C18H34ClN5O5S. The normalized spacial score (nSPS) is 16.1. The summed E-state index contributed by atoms with van der Waals surface area (Å²) in [5.41, 5.74) is 0.743. The Hall–Kier alpha value is -0.660. The topological polar surface area (TPSA) is 100.0 Å². The van der Waals surface area contributed by atoms with E-state index >= 15 is 0 Å². The van der Waals surface area contributed by atoms with E-state index in [2.05, 4.69) is 20.5 Å². The van der Waals surface area contributed by atoms with Gasteiger partial charge in [-0.3, -0.25) is 9.11 Å². The maximum atomic E-state index is 11.4. The minimum atomic E-state index is -0.771. The van der Waals surface area contributed by atoms with E-state index in [0.29, 0.717) is 71.1 Å². The minimum absolute atomic E-state index is 0.253. The van der Waals surface area contributed by atoms with E-state index in [4.69, 9.17) is 30.5 Å². The maximum Gasteiger partial charge on any atom is 0.151 e. The molecule has 0 aromatic carbocycles. The Morgan fingerprint density at radius 1 is 1.03 bits per heavy atom. The molecule has 0 saturated carbocycles. The van der Waals surface area contributed by atoms with Gasteiger partial charge in [0.25, 0.3) is 0 Å². The lowest BCUT2D eigenvalue weighted by Gasteiger charge is -2.37. The van der Waals surface area contributed by atoms with Crippen LogP contribution in [-0.4, -0.2) is 115 Å². The van der Waals surface area contributed by atoms with Crippen LogP contribution in [0.1, 0.15) is 5.69 Å². The standard InChI is InChI=1S/C18H34ClN5O5S/c1-20-3-5-26-7-9-28-11-12-29-10-8-27-6-4-24-18(19)17(21-22-24)15-23-13-16(14-23)30(2)25/h16,20H,3-15H2,1-2H3. The number of hydrogen-bond acceptors (Lipinski definition) is 9. The molecule has 1 N–H and O–H groups in total. The first-order valence-electron chi connectivity index (χ1n) is 10.2. The van der Waals surface area contributed by atoms with Gasteiger partial charge in [0, 0.05) is 43.2 Å². The third kappa shape index (κ3) is 9.65. The minimum Gasteiger partial charge on any atom is -0.378 e. The summed E-state index contributed by atoms with van der Waals surface area (Å²) in [6, 6.07) is 0. The van der Waals surface area contributed by atoms with Crippen molar-refractivity contribution in [3.8, 4) is 0 Å². The molecule has 1 aromatic heterocycles. The van der Waals surface area contributed by atoms with E-state index in [0.717, 1.165) is 25.3 Å². The predicted octanol–water partition coefficient (Wildman–Crippen LogP) is -0.220. The summed E-state index contributed by atoms with van der Waals surface area (Å²) in [6.45, 7) is 8.03. The highest BCUT2D eigenvalue weighted by Crippen LogP contribution is 2.20. The Bertz CT molecular complexity index is 618. The zero-order valence-corrected chi connectivity index (χ0v) is 19.5. The van der Waals surface area contributed by atoms with Gasteiger partial charge in [-0.25, -0.2) is 4.68 Å². The number of hydrogen-bond donors (Lipinski definition) is 1. The van der Waals surface area contributed by atoms with Crippen LogP contribution in [0.2, 0.25) is 5.15 Å². The molecule has 0 amide bonds. The van der Waals surface area contributed by atoms with Crippen molar-refractivity contribution in [3.05, 3.63) is 10.8 Å². The number of nitrogens with one attached hydrogen (secondary N) is 1. The van der Waals surface area contributed by atoms with Gasteiger partial charge in [-0.05, 0) is 7.05 Å². The first-order valence-corrected chi connectivity index (χ1v) is 12.2. The predicted molar refractivity (Wildman–Crippen MR) is 115 cm³/mol. The van der Waals surface area contributed by atoms with Gasteiger partial charge in [0.05, 0.1) is 64.6 Å². The second-order valence-corrected chi connectivity index (χ2v) is 8.94. The van der Waals surface area contributed by atoms with Gasteiger partial charge in [-0.2, -0.15) is 0 Å². The third-order valence-corrected chi connectivity index (χ3v) is 6.21. The molecule has 0 spiro atoms. The zero-order chi connectivity index (χ0) is 21.6. The van der Waals surface area contributed by atoms with Crippen LogP contribution >= 0.6 is 11.6 Å². The summed E-state index contributed by atoms with van der Waals surface area (Å²) in [5, 5.41) is 12.0. The van der Waals surface area contributed by atoms with E-state index in [9.17, 15) is 4.21 Å². The highest BCUT2D eigenvalue weighted by molar-refractivity contribution is 7.85. The van der Waals surface area contributed by atoms with Crippen molar-refractivity contribution in [1.29, 1.82) is 0 Å².